The number of carbonyl (C=O) groups is 1. The molecule has 0 aromatic heterocycles. The molecule has 2 heterocycles. The van der Waals surface area contributed by atoms with Crippen molar-refractivity contribution in [3.8, 4) is 0 Å². The summed E-state index contributed by atoms with van der Waals surface area (Å²) in [6.45, 7) is 4.67. The van der Waals surface area contributed by atoms with E-state index in [4.69, 9.17) is 0 Å². The molecule has 2 aromatic carbocycles. The number of nitrogens with zero attached hydrogens (tertiary/aromatic N) is 2. The molecule has 2 saturated heterocycles. The minimum Gasteiger partial charge on any atom is -0.338 e. The maximum Gasteiger partial charge on any atom is 0.416 e. The Labute approximate surface area is 216 Å². The van der Waals surface area contributed by atoms with E-state index in [2.05, 4.69) is 10.2 Å². The van der Waals surface area contributed by atoms with Crippen LogP contribution in [0.2, 0.25) is 0 Å². The quantitative estimate of drug-likeness (QED) is 0.490. The van der Waals surface area contributed by atoms with Crippen molar-refractivity contribution >= 4 is 5.91 Å². The summed E-state index contributed by atoms with van der Waals surface area (Å²) < 4.78 is 94.3. The van der Waals surface area contributed by atoms with Gasteiger partial charge in [0.15, 0.2) is 0 Å². The van der Waals surface area contributed by atoms with Gasteiger partial charge in [0.05, 0.1) is 11.1 Å². The fourth-order valence-electron chi connectivity index (χ4n) is 5.73. The van der Waals surface area contributed by atoms with Crippen molar-refractivity contribution in [1.29, 1.82) is 0 Å². The van der Waals surface area contributed by atoms with Gasteiger partial charge in [-0.25, -0.2) is 4.39 Å². The molecule has 0 bridgehead atoms. The van der Waals surface area contributed by atoms with Crippen LogP contribution in [0, 0.1) is 12.7 Å². The van der Waals surface area contributed by atoms with Crippen LogP contribution in [0.25, 0.3) is 0 Å². The van der Waals surface area contributed by atoms with Gasteiger partial charge in [0, 0.05) is 43.7 Å². The number of rotatable bonds is 4. The highest BCUT2D eigenvalue weighted by Crippen LogP contribution is 2.38. The van der Waals surface area contributed by atoms with Gasteiger partial charge >= 0.3 is 12.4 Å². The molecule has 4 nitrogen and oxygen atoms in total. The third-order valence-corrected chi connectivity index (χ3v) is 7.72. The van der Waals surface area contributed by atoms with Crippen molar-refractivity contribution in [2.24, 2.45) is 0 Å². The molecule has 11 heteroatoms. The van der Waals surface area contributed by atoms with Gasteiger partial charge in [0.2, 0.25) is 0 Å². The van der Waals surface area contributed by atoms with Crippen molar-refractivity contribution in [3.63, 3.8) is 0 Å². The van der Waals surface area contributed by atoms with Gasteiger partial charge in [0.25, 0.3) is 5.91 Å². The minimum atomic E-state index is -5.05. The van der Waals surface area contributed by atoms with E-state index in [1.807, 2.05) is 0 Å². The molecule has 4 rings (SSSR count). The summed E-state index contributed by atoms with van der Waals surface area (Å²) in [7, 11) is 1.41. The van der Waals surface area contributed by atoms with E-state index in [0.717, 1.165) is 31.5 Å². The van der Waals surface area contributed by atoms with Crippen molar-refractivity contribution < 1.29 is 35.5 Å². The molecule has 0 unspecified atom stereocenters. The number of alkyl halides is 6. The molecule has 1 amide bonds. The molecular formula is C27H30F7N3O. The predicted molar refractivity (Wildman–Crippen MR) is 128 cm³/mol. The highest BCUT2D eigenvalue weighted by molar-refractivity contribution is 5.95. The Bertz CT molecular complexity index is 1130. The Morgan fingerprint density at radius 2 is 1.55 bits per heavy atom. The van der Waals surface area contributed by atoms with Gasteiger partial charge in [-0.1, -0.05) is 6.07 Å². The molecule has 2 aliphatic heterocycles. The van der Waals surface area contributed by atoms with Gasteiger partial charge in [-0.15, -0.1) is 0 Å². The van der Waals surface area contributed by atoms with E-state index < -0.39 is 46.8 Å². The standard InChI is InChI=1S/C27H30F7N3O/c1-16-11-20(28)3-4-22(16)23-15-37(21-5-8-35-9-6-21)10-7-24(23)36(2)25(38)17-12-18(26(29,30)31)14-19(13-17)27(32,33)34/h3-4,11-14,21,23-24,35H,5-10,15H2,1-2H3/t23-,24+/m0/s1. The zero-order valence-electron chi connectivity index (χ0n) is 21.1. The maximum absolute atomic E-state index is 13.9. The SMILES string of the molecule is Cc1cc(F)ccc1[C@@H]1CN(C2CCNCC2)CC[C@H]1N(C)C(=O)c1cc(C(F)(F)F)cc(C(F)(F)F)c1. The molecular weight excluding hydrogens is 515 g/mol. The topological polar surface area (TPSA) is 35.6 Å². The van der Waals surface area contributed by atoms with Crippen molar-refractivity contribution in [1.82, 2.24) is 15.1 Å². The van der Waals surface area contributed by atoms with Crippen LogP contribution in [0.5, 0.6) is 0 Å². The number of aryl methyl sites for hydroxylation is 1. The number of hydrogen-bond acceptors (Lipinski definition) is 3. The fourth-order valence-corrected chi connectivity index (χ4v) is 5.73. The predicted octanol–water partition coefficient (Wildman–Crippen LogP) is 5.85. The molecule has 2 fully saturated rings. The number of hydrogen-bond donors (Lipinski definition) is 1. The first-order valence-corrected chi connectivity index (χ1v) is 12.5. The molecule has 0 radical (unpaired) electrons. The van der Waals surface area contributed by atoms with Crippen LogP contribution in [-0.4, -0.2) is 61.0 Å². The summed E-state index contributed by atoms with van der Waals surface area (Å²) in [5.41, 5.74) is -2.27. The van der Waals surface area contributed by atoms with E-state index in [1.165, 1.54) is 24.1 Å². The average molecular weight is 546 g/mol. The highest BCUT2D eigenvalue weighted by atomic mass is 19.4. The summed E-state index contributed by atoms with van der Waals surface area (Å²) >= 11 is 0. The zero-order valence-corrected chi connectivity index (χ0v) is 21.1. The van der Waals surface area contributed by atoms with Crippen LogP contribution in [0.15, 0.2) is 36.4 Å². The molecule has 1 N–H and O–H groups in total. The molecule has 0 spiro atoms. The van der Waals surface area contributed by atoms with Gasteiger partial charge in [-0.3, -0.25) is 9.69 Å². The smallest absolute Gasteiger partial charge is 0.338 e. The number of likely N-dealkylation sites (N-methyl/N-ethyl adjacent to an activating group) is 1. The molecule has 38 heavy (non-hydrogen) atoms. The number of halogens is 7. The third kappa shape index (κ3) is 6.14. The molecule has 2 aliphatic rings. The van der Waals surface area contributed by atoms with E-state index in [1.54, 1.807) is 13.0 Å². The number of piperidine rings is 2. The van der Waals surface area contributed by atoms with E-state index in [-0.39, 0.29) is 12.0 Å². The van der Waals surface area contributed by atoms with Gasteiger partial charge in [-0.2, -0.15) is 26.3 Å². The van der Waals surface area contributed by atoms with Crippen molar-refractivity contribution in [3.05, 3.63) is 70.0 Å². The summed E-state index contributed by atoms with van der Waals surface area (Å²) in [5.74, 6) is -1.64. The molecule has 0 aliphatic carbocycles. The Kier molecular flexibility index (Phi) is 8.09. The van der Waals surface area contributed by atoms with Crippen molar-refractivity contribution in [2.75, 3.05) is 33.2 Å². The number of carbonyl (C=O) groups excluding carboxylic acids is 1. The number of benzene rings is 2. The van der Waals surface area contributed by atoms with Crippen molar-refractivity contribution in [2.45, 2.75) is 56.5 Å². The van der Waals surface area contributed by atoms with Crippen LogP contribution < -0.4 is 5.32 Å². The Hall–Kier alpha value is -2.66. The van der Waals surface area contributed by atoms with Crippen LogP contribution in [0.3, 0.4) is 0 Å². The van der Waals surface area contributed by atoms with Crippen LogP contribution in [0.4, 0.5) is 30.7 Å². The summed E-state index contributed by atoms with van der Waals surface area (Å²) in [4.78, 5) is 17.0. The largest absolute Gasteiger partial charge is 0.416 e. The summed E-state index contributed by atoms with van der Waals surface area (Å²) in [6.07, 6.45) is -7.75. The second-order valence-electron chi connectivity index (χ2n) is 10.2. The second kappa shape index (κ2) is 10.8. The Balaban J connectivity index is 1.68. The van der Waals surface area contributed by atoms with Gasteiger partial charge < -0.3 is 10.2 Å². The van der Waals surface area contributed by atoms with E-state index in [9.17, 15) is 35.5 Å². The average Bonchev–Trinajstić information content (AvgIpc) is 2.87. The third-order valence-electron chi connectivity index (χ3n) is 7.72. The summed E-state index contributed by atoms with van der Waals surface area (Å²) in [5, 5.41) is 3.32. The number of likely N-dealkylation sites (tertiary alicyclic amines) is 1. The maximum atomic E-state index is 13.9. The summed E-state index contributed by atoms with van der Waals surface area (Å²) in [6, 6.07) is 5.13. The number of nitrogens with one attached hydrogen (secondary N) is 1. The Morgan fingerprint density at radius 1 is 0.947 bits per heavy atom. The monoisotopic (exact) mass is 545 g/mol. The van der Waals surface area contributed by atoms with Crippen LogP contribution in [-0.2, 0) is 12.4 Å². The van der Waals surface area contributed by atoms with Crippen LogP contribution in [0.1, 0.15) is 57.8 Å². The lowest BCUT2D eigenvalue weighted by atomic mass is 9.81. The lowest BCUT2D eigenvalue weighted by Crippen LogP contribution is -2.54. The highest BCUT2D eigenvalue weighted by Gasteiger charge is 2.41. The molecule has 2 atom stereocenters. The lowest BCUT2D eigenvalue weighted by molar-refractivity contribution is -0.143. The van der Waals surface area contributed by atoms with Crippen LogP contribution >= 0.6 is 0 Å². The van der Waals surface area contributed by atoms with E-state index in [0.29, 0.717) is 43.2 Å². The molecule has 208 valence electrons. The first kappa shape index (κ1) is 28.4. The van der Waals surface area contributed by atoms with E-state index >= 15 is 0 Å². The first-order valence-electron chi connectivity index (χ1n) is 12.5. The lowest BCUT2D eigenvalue weighted by Gasteiger charge is -2.46. The minimum absolute atomic E-state index is 0.0129. The second-order valence-corrected chi connectivity index (χ2v) is 10.2. The molecule has 0 saturated carbocycles. The normalized spacial score (nSPS) is 21.9. The first-order chi connectivity index (χ1) is 17.8. The molecule has 2 aromatic rings. The Morgan fingerprint density at radius 3 is 2.11 bits per heavy atom. The fraction of sp³-hybridized carbons (Fsp3) is 0.519. The number of amides is 1. The van der Waals surface area contributed by atoms with Gasteiger partial charge in [-0.05, 0) is 80.7 Å². The van der Waals surface area contributed by atoms with Gasteiger partial charge in [0.1, 0.15) is 5.82 Å². The zero-order chi connectivity index (χ0) is 27.8.